The summed E-state index contributed by atoms with van der Waals surface area (Å²) in [5.41, 5.74) is -1.31. The van der Waals surface area contributed by atoms with Gasteiger partial charge in [-0.1, -0.05) is 12.1 Å². The molecule has 2 heterocycles. The molecule has 1 aromatic heterocycles. The van der Waals surface area contributed by atoms with Gasteiger partial charge in [0.2, 0.25) is 0 Å². The van der Waals surface area contributed by atoms with Crippen LogP contribution in [0.1, 0.15) is 24.8 Å². The molecule has 1 saturated heterocycles. The fraction of sp³-hybridized carbons (Fsp3) is 0.474. The number of pyridine rings is 1. The third-order valence-electron chi connectivity index (χ3n) is 5.21. The highest BCUT2D eigenvalue weighted by Gasteiger charge is 2.42. The van der Waals surface area contributed by atoms with Gasteiger partial charge in [0.05, 0.1) is 16.5 Å². The number of alkyl halides is 3. The molecule has 2 aromatic rings. The molecule has 27 heavy (non-hydrogen) atoms. The molecule has 8 heteroatoms. The number of benzene rings is 1. The summed E-state index contributed by atoms with van der Waals surface area (Å²) in [7, 11) is 1.52. The molecule has 1 aliphatic rings. The van der Waals surface area contributed by atoms with E-state index in [1.54, 1.807) is 12.1 Å². The highest BCUT2D eigenvalue weighted by Crippen LogP contribution is 2.40. The van der Waals surface area contributed by atoms with Crippen molar-refractivity contribution in [1.29, 1.82) is 0 Å². The number of piperidine rings is 1. The lowest BCUT2D eigenvalue weighted by Crippen LogP contribution is -2.48. The van der Waals surface area contributed by atoms with Crippen molar-refractivity contribution in [3.63, 3.8) is 0 Å². The number of ether oxygens (including phenoxy) is 1. The van der Waals surface area contributed by atoms with E-state index in [0.29, 0.717) is 43.5 Å². The number of carbonyl (C=O) groups is 1. The number of fused-ring (bicyclic) bond motifs is 1. The molecule has 5 nitrogen and oxygen atoms in total. The fourth-order valence-corrected chi connectivity index (χ4v) is 3.79. The maximum atomic E-state index is 13.3. The van der Waals surface area contributed by atoms with E-state index >= 15 is 0 Å². The summed E-state index contributed by atoms with van der Waals surface area (Å²) in [6.07, 6.45) is -1.65. The molecular weight excluding hydrogens is 361 g/mol. The van der Waals surface area contributed by atoms with Gasteiger partial charge >= 0.3 is 12.1 Å². The van der Waals surface area contributed by atoms with Crippen molar-refractivity contribution >= 4 is 22.6 Å². The number of nitrogens with zero attached hydrogens (tertiary/aromatic N) is 2. The number of halogens is 3. The zero-order valence-corrected chi connectivity index (χ0v) is 14.9. The van der Waals surface area contributed by atoms with Gasteiger partial charge in [-0.05, 0) is 31.4 Å². The van der Waals surface area contributed by atoms with Gasteiger partial charge in [0.1, 0.15) is 0 Å². The summed E-state index contributed by atoms with van der Waals surface area (Å²) in [6, 6.07) is 5.61. The largest absolute Gasteiger partial charge is 0.481 e. The van der Waals surface area contributed by atoms with Crippen LogP contribution in [0, 0.1) is 5.41 Å². The van der Waals surface area contributed by atoms with Crippen LogP contribution in [0.2, 0.25) is 0 Å². The van der Waals surface area contributed by atoms with Crippen molar-refractivity contribution in [3.8, 4) is 0 Å². The molecule has 0 spiro atoms. The Kier molecular flexibility index (Phi) is 5.28. The first kappa shape index (κ1) is 19.4. The summed E-state index contributed by atoms with van der Waals surface area (Å²) in [4.78, 5) is 17.8. The quantitative estimate of drug-likeness (QED) is 0.848. The Hall–Kier alpha value is -2.35. The van der Waals surface area contributed by atoms with Crippen LogP contribution >= 0.6 is 0 Å². The molecule has 146 valence electrons. The number of methoxy groups -OCH3 is 1. The van der Waals surface area contributed by atoms with Gasteiger partial charge in [-0.15, -0.1) is 0 Å². The number of para-hydroxylation sites is 1. The van der Waals surface area contributed by atoms with Gasteiger partial charge < -0.3 is 14.7 Å². The Labute approximate surface area is 154 Å². The van der Waals surface area contributed by atoms with E-state index in [1.165, 1.54) is 19.4 Å². The van der Waals surface area contributed by atoms with Crippen molar-refractivity contribution in [2.45, 2.75) is 25.4 Å². The van der Waals surface area contributed by atoms with Gasteiger partial charge in [0.25, 0.3) is 0 Å². The minimum atomic E-state index is -4.50. The summed E-state index contributed by atoms with van der Waals surface area (Å²) in [6.45, 7) is 1.12. The van der Waals surface area contributed by atoms with E-state index in [1.807, 2.05) is 4.90 Å². The summed E-state index contributed by atoms with van der Waals surface area (Å²) < 4.78 is 45.0. The number of hydrogen-bond acceptors (Lipinski definition) is 4. The lowest BCUT2D eigenvalue weighted by Gasteiger charge is -2.41. The zero-order chi connectivity index (χ0) is 19.7. The molecule has 0 radical (unpaired) electrons. The lowest BCUT2D eigenvalue weighted by molar-refractivity contribution is -0.150. The second-order valence-electron chi connectivity index (χ2n) is 6.88. The SMILES string of the molecule is COCCC1(C(=O)O)CCCN(c2ccnc3c(C(F)(F)F)cccc23)C1. The Bertz CT molecular complexity index is 841. The third-order valence-corrected chi connectivity index (χ3v) is 5.21. The van der Waals surface area contributed by atoms with Crippen molar-refractivity contribution in [1.82, 2.24) is 4.98 Å². The number of rotatable bonds is 5. The van der Waals surface area contributed by atoms with Crippen LogP contribution in [0.15, 0.2) is 30.5 Å². The Balaban J connectivity index is 2.03. The molecule has 1 fully saturated rings. The minimum Gasteiger partial charge on any atom is -0.481 e. The number of aromatic nitrogens is 1. The molecule has 1 aliphatic heterocycles. The number of aliphatic carboxylic acids is 1. The topological polar surface area (TPSA) is 62.7 Å². The average Bonchev–Trinajstić information content (AvgIpc) is 2.64. The summed E-state index contributed by atoms with van der Waals surface area (Å²) in [5, 5.41) is 10.2. The second-order valence-corrected chi connectivity index (χ2v) is 6.88. The van der Waals surface area contributed by atoms with Gasteiger partial charge in [0, 0.05) is 44.1 Å². The molecule has 1 aromatic carbocycles. The van der Waals surface area contributed by atoms with Crippen molar-refractivity contribution in [2.24, 2.45) is 5.41 Å². The summed E-state index contributed by atoms with van der Waals surface area (Å²) >= 11 is 0. The standard InChI is InChI=1S/C19H21F3N2O3/c1-27-11-8-18(17(25)26)7-3-10-24(12-18)15-6-9-23-16-13(15)4-2-5-14(16)19(20,21)22/h2,4-6,9H,3,7-8,10-12H2,1H3,(H,25,26). The molecule has 1 atom stereocenters. The van der Waals surface area contributed by atoms with Gasteiger partial charge in [-0.2, -0.15) is 13.2 Å². The first-order valence-corrected chi connectivity index (χ1v) is 8.71. The Morgan fingerprint density at radius 3 is 2.81 bits per heavy atom. The normalized spacial score (nSPS) is 20.8. The smallest absolute Gasteiger partial charge is 0.418 e. The minimum absolute atomic E-state index is 0.120. The van der Waals surface area contributed by atoms with Crippen LogP contribution in [0.3, 0.4) is 0 Å². The van der Waals surface area contributed by atoms with E-state index in [0.717, 1.165) is 6.07 Å². The van der Waals surface area contributed by atoms with Crippen molar-refractivity contribution in [3.05, 3.63) is 36.0 Å². The molecule has 3 rings (SSSR count). The molecule has 1 N–H and O–H groups in total. The van der Waals surface area contributed by atoms with E-state index < -0.39 is 23.1 Å². The van der Waals surface area contributed by atoms with E-state index in [-0.39, 0.29) is 12.1 Å². The Morgan fingerprint density at radius 1 is 1.37 bits per heavy atom. The van der Waals surface area contributed by atoms with E-state index in [4.69, 9.17) is 4.74 Å². The van der Waals surface area contributed by atoms with Gasteiger partial charge in [0.15, 0.2) is 0 Å². The summed E-state index contributed by atoms with van der Waals surface area (Å²) in [5.74, 6) is -0.904. The Morgan fingerprint density at radius 2 is 2.15 bits per heavy atom. The number of carboxylic acid groups (broad SMARTS) is 1. The fourth-order valence-electron chi connectivity index (χ4n) is 3.79. The van der Waals surface area contributed by atoms with Crippen LogP contribution in [0.4, 0.5) is 18.9 Å². The van der Waals surface area contributed by atoms with Crippen LogP contribution < -0.4 is 4.90 Å². The van der Waals surface area contributed by atoms with Crippen LogP contribution in [-0.4, -0.2) is 42.9 Å². The number of carboxylic acids is 1. The van der Waals surface area contributed by atoms with E-state index in [2.05, 4.69) is 4.98 Å². The van der Waals surface area contributed by atoms with Crippen LogP contribution in [0.5, 0.6) is 0 Å². The van der Waals surface area contributed by atoms with Crippen LogP contribution in [-0.2, 0) is 15.7 Å². The molecule has 0 bridgehead atoms. The van der Waals surface area contributed by atoms with Gasteiger partial charge in [-0.3, -0.25) is 9.78 Å². The molecule has 1 unspecified atom stereocenters. The predicted molar refractivity (Wildman–Crippen MR) is 94.8 cm³/mol. The second kappa shape index (κ2) is 7.34. The highest BCUT2D eigenvalue weighted by atomic mass is 19.4. The van der Waals surface area contributed by atoms with Crippen molar-refractivity contribution in [2.75, 3.05) is 31.7 Å². The molecule has 0 saturated carbocycles. The molecule has 0 aliphatic carbocycles. The first-order chi connectivity index (χ1) is 12.8. The lowest BCUT2D eigenvalue weighted by atomic mass is 9.77. The van der Waals surface area contributed by atoms with Crippen LogP contribution in [0.25, 0.3) is 10.9 Å². The van der Waals surface area contributed by atoms with Crippen molar-refractivity contribution < 1.29 is 27.8 Å². The zero-order valence-electron chi connectivity index (χ0n) is 14.9. The predicted octanol–water partition coefficient (Wildman–Crippen LogP) is 3.96. The first-order valence-electron chi connectivity index (χ1n) is 8.71. The molecular formula is C19H21F3N2O3. The average molecular weight is 382 g/mol. The number of hydrogen-bond donors (Lipinski definition) is 1. The highest BCUT2D eigenvalue weighted by molar-refractivity contribution is 5.94. The maximum Gasteiger partial charge on any atom is 0.418 e. The monoisotopic (exact) mass is 382 g/mol. The van der Waals surface area contributed by atoms with E-state index in [9.17, 15) is 23.1 Å². The number of anilines is 1. The maximum absolute atomic E-state index is 13.3. The molecule has 0 amide bonds. The van der Waals surface area contributed by atoms with Gasteiger partial charge in [-0.25, -0.2) is 0 Å². The third kappa shape index (κ3) is 3.71.